The predicted octanol–water partition coefficient (Wildman–Crippen LogP) is 2.84. The molecule has 96 valence electrons. The smallest absolute Gasteiger partial charge is 0.208 e. The number of aryl methyl sites for hydroxylation is 1. The molecule has 0 aliphatic carbocycles. The van der Waals surface area contributed by atoms with Gasteiger partial charge in [-0.1, -0.05) is 23.8 Å². The Morgan fingerprint density at radius 2 is 1.74 bits per heavy atom. The highest BCUT2D eigenvalue weighted by atomic mass is 32.2. The van der Waals surface area contributed by atoms with Gasteiger partial charge in [0.05, 0.1) is 9.79 Å². The van der Waals surface area contributed by atoms with Gasteiger partial charge in [-0.25, -0.2) is 12.8 Å². The molecular formula is C14H10FNO2S. The van der Waals surface area contributed by atoms with Crippen LogP contribution in [-0.4, -0.2) is 8.42 Å². The number of hydrogen-bond acceptors (Lipinski definition) is 3. The molecule has 0 aliphatic rings. The second-order valence-corrected chi connectivity index (χ2v) is 5.96. The minimum atomic E-state index is -3.88. The first-order chi connectivity index (χ1) is 8.96. The molecule has 0 saturated carbocycles. The maximum Gasteiger partial charge on any atom is 0.208 e. The van der Waals surface area contributed by atoms with Gasteiger partial charge in [-0.2, -0.15) is 5.26 Å². The van der Waals surface area contributed by atoms with Gasteiger partial charge < -0.3 is 0 Å². The lowest BCUT2D eigenvalue weighted by Crippen LogP contribution is -2.05. The second kappa shape index (κ2) is 4.82. The van der Waals surface area contributed by atoms with Crippen LogP contribution in [0.25, 0.3) is 0 Å². The van der Waals surface area contributed by atoms with E-state index in [1.54, 1.807) is 18.2 Å². The lowest BCUT2D eigenvalue weighted by atomic mass is 10.2. The number of hydrogen-bond donors (Lipinski definition) is 0. The fourth-order valence-corrected chi connectivity index (χ4v) is 3.10. The van der Waals surface area contributed by atoms with E-state index in [9.17, 15) is 12.8 Å². The highest BCUT2D eigenvalue weighted by Gasteiger charge is 2.23. The summed E-state index contributed by atoms with van der Waals surface area (Å²) in [4.78, 5) is -0.265. The van der Waals surface area contributed by atoms with Gasteiger partial charge in [-0.3, -0.25) is 0 Å². The first-order valence-corrected chi connectivity index (χ1v) is 6.95. The van der Waals surface area contributed by atoms with Crippen LogP contribution >= 0.6 is 0 Å². The Kier molecular flexibility index (Phi) is 3.36. The van der Waals surface area contributed by atoms with E-state index in [2.05, 4.69) is 0 Å². The maximum atomic E-state index is 13.5. The summed E-state index contributed by atoms with van der Waals surface area (Å²) in [6.07, 6.45) is 0. The van der Waals surface area contributed by atoms with Crippen LogP contribution in [0.4, 0.5) is 4.39 Å². The summed E-state index contributed by atoms with van der Waals surface area (Å²) in [5, 5.41) is 8.90. The van der Waals surface area contributed by atoms with Crippen LogP contribution in [0.1, 0.15) is 11.1 Å². The van der Waals surface area contributed by atoms with Crippen molar-refractivity contribution >= 4 is 9.84 Å². The quantitative estimate of drug-likeness (QED) is 0.846. The third-order valence-corrected chi connectivity index (χ3v) is 4.52. The van der Waals surface area contributed by atoms with Crippen LogP contribution < -0.4 is 0 Å². The number of nitriles is 1. The molecule has 0 amide bonds. The highest BCUT2D eigenvalue weighted by molar-refractivity contribution is 7.91. The van der Waals surface area contributed by atoms with Gasteiger partial charge in [-0.15, -0.1) is 0 Å². The normalized spacial score (nSPS) is 11.0. The largest absolute Gasteiger partial charge is 0.218 e. The number of nitrogens with zero attached hydrogens (tertiary/aromatic N) is 1. The third-order valence-electron chi connectivity index (χ3n) is 2.71. The van der Waals surface area contributed by atoms with Crippen molar-refractivity contribution in [2.24, 2.45) is 0 Å². The molecule has 0 bridgehead atoms. The molecule has 0 aromatic heterocycles. The Morgan fingerprint density at radius 1 is 1.11 bits per heavy atom. The third kappa shape index (κ3) is 2.35. The summed E-state index contributed by atoms with van der Waals surface area (Å²) < 4.78 is 38.2. The second-order valence-electron chi connectivity index (χ2n) is 4.04. The van der Waals surface area contributed by atoms with Gasteiger partial charge in [-0.05, 0) is 31.2 Å². The van der Waals surface area contributed by atoms with Gasteiger partial charge in [0.15, 0.2) is 0 Å². The Labute approximate surface area is 110 Å². The van der Waals surface area contributed by atoms with E-state index in [-0.39, 0.29) is 9.79 Å². The molecule has 2 aromatic carbocycles. The molecule has 2 aromatic rings. The first kappa shape index (κ1) is 13.2. The predicted molar refractivity (Wildman–Crippen MR) is 67.7 cm³/mol. The molecule has 19 heavy (non-hydrogen) atoms. The number of halogens is 1. The fraction of sp³-hybridized carbons (Fsp3) is 0.0714. The SMILES string of the molecule is Cc1ccc(S(=O)(=O)c2cccc(F)c2C#N)cc1. The fourth-order valence-electron chi connectivity index (χ4n) is 1.68. The van der Waals surface area contributed by atoms with Crippen LogP contribution in [0, 0.1) is 24.1 Å². The lowest BCUT2D eigenvalue weighted by Gasteiger charge is -2.07. The van der Waals surface area contributed by atoms with Crippen molar-refractivity contribution in [3.63, 3.8) is 0 Å². The topological polar surface area (TPSA) is 57.9 Å². The summed E-state index contributed by atoms with van der Waals surface area (Å²) in [5.74, 6) is -0.837. The van der Waals surface area contributed by atoms with E-state index in [1.165, 1.54) is 24.3 Å². The Hall–Kier alpha value is -2.19. The highest BCUT2D eigenvalue weighted by Crippen LogP contribution is 2.25. The number of sulfone groups is 1. The van der Waals surface area contributed by atoms with E-state index in [0.717, 1.165) is 11.6 Å². The maximum absolute atomic E-state index is 13.5. The minimum Gasteiger partial charge on any atom is -0.218 e. The van der Waals surface area contributed by atoms with Crippen molar-refractivity contribution in [3.8, 4) is 6.07 Å². The Morgan fingerprint density at radius 3 is 2.32 bits per heavy atom. The first-order valence-electron chi connectivity index (χ1n) is 5.47. The molecule has 2 rings (SSSR count). The van der Waals surface area contributed by atoms with Crippen LogP contribution in [0.5, 0.6) is 0 Å². The lowest BCUT2D eigenvalue weighted by molar-refractivity contribution is 0.589. The van der Waals surface area contributed by atoms with Gasteiger partial charge in [0.2, 0.25) is 9.84 Å². The Bertz CT molecular complexity index is 759. The van der Waals surface area contributed by atoms with E-state index >= 15 is 0 Å². The zero-order valence-corrected chi connectivity index (χ0v) is 10.9. The molecule has 3 nitrogen and oxygen atoms in total. The molecule has 5 heteroatoms. The average Bonchev–Trinajstić information content (AvgIpc) is 2.39. The molecule has 0 unspecified atom stereocenters. The van der Waals surface area contributed by atoms with Crippen molar-refractivity contribution < 1.29 is 12.8 Å². The Balaban J connectivity index is 2.68. The van der Waals surface area contributed by atoms with E-state index in [1.807, 2.05) is 6.92 Å². The molecule has 0 saturated heterocycles. The molecule has 0 radical (unpaired) electrons. The summed E-state index contributed by atoms with van der Waals surface area (Å²) >= 11 is 0. The minimum absolute atomic E-state index is 0.0419. The van der Waals surface area contributed by atoms with Crippen LogP contribution in [0.2, 0.25) is 0 Å². The van der Waals surface area contributed by atoms with Gasteiger partial charge in [0.1, 0.15) is 17.4 Å². The van der Waals surface area contributed by atoms with Crippen molar-refractivity contribution in [3.05, 3.63) is 59.4 Å². The molecule has 0 heterocycles. The van der Waals surface area contributed by atoms with E-state index in [4.69, 9.17) is 5.26 Å². The zero-order chi connectivity index (χ0) is 14.0. The number of benzene rings is 2. The van der Waals surface area contributed by atoms with E-state index in [0.29, 0.717) is 0 Å². The summed E-state index contributed by atoms with van der Waals surface area (Å²) in [6, 6.07) is 11.4. The monoisotopic (exact) mass is 275 g/mol. The van der Waals surface area contributed by atoms with Crippen molar-refractivity contribution in [2.45, 2.75) is 16.7 Å². The van der Waals surface area contributed by atoms with Crippen LogP contribution in [-0.2, 0) is 9.84 Å². The molecule has 0 spiro atoms. The number of rotatable bonds is 2. The standard InChI is InChI=1S/C14H10FNO2S/c1-10-5-7-11(8-6-10)19(17,18)14-4-2-3-13(15)12(14)9-16/h2-8H,1H3. The van der Waals surface area contributed by atoms with Gasteiger partial charge in [0, 0.05) is 0 Å². The molecule has 0 atom stereocenters. The molecule has 0 N–H and O–H groups in total. The zero-order valence-electron chi connectivity index (χ0n) is 10.1. The summed E-state index contributed by atoms with van der Waals surface area (Å²) in [5.41, 5.74) is 0.460. The van der Waals surface area contributed by atoms with Crippen molar-refractivity contribution in [1.82, 2.24) is 0 Å². The van der Waals surface area contributed by atoms with E-state index < -0.39 is 21.2 Å². The molecule has 0 fully saturated rings. The van der Waals surface area contributed by atoms with Crippen molar-refractivity contribution in [1.29, 1.82) is 5.26 Å². The van der Waals surface area contributed by atoms with Crippen LogP contribution in [0.15, 0.2) is 52.3 Å². The molecule has 0 aliphatic heterocycles. The van der Waals surface area contributed by atoms with Crippen molar-refractivity contribution in [2.75, 3.05) is 0 Å². The average molecular weight is 275 g/mol. The molecular weight excluding hydrogens is 265 g/mol. The summed E-state index contributed by atoms with van der Waals surface area (Å²) in [7, 11) is -3.88. The van der Waals surface area contributed by atoms with Gasteiger partial charge in [0.25, 0.3) is 0 Å². The summed E-state index contributed by atoms with van der Waals surface area (Å²) in [6.45, 7) is 1.83. The van der Waals surface area contributed by atoms with Gasteiger partial charge >= 0.3 is 0 Å². The van der Waals surface area contributed by atoms with Crippen LogP contribution in [0.3, 0.4) is 0 Å².